The Hall–Kier alpha value is -3.83. The molecule has 1 heterocycles. The Morgan fingerprint density at radius 1 is 1.12 bits per heavy atom. The molecular formula is C22H16ClFN2O7S. The van der Waals surface area contributed by atoms with Gasteiger partial charge in [0.2, 0.25) is 0 Å². The highest BCUT2D eigenvalue weighted by Gasteiger charge is 2.37. The number of benzene rings is 3. The lowest BCUT2D eigenvalue weighted by Crippen LogP contribution is -2.30. The van der Waals surface area contributed by atoms with Crippen LogP contribution in [0.3, 0.4) is 0 Å². The van der Waals surface area contributed by atoms with E-state index in [1.54, 1.807) is 0 Å². The van der Waals surface area contributed by atoms with Gasteiger partial charge in [-0.05, 0) is 54.6 Å². The number of amides is 1. The average Bonchev–Trinajstić information content (AvgIpc) is 3.25. The van der Waals surface area contributed by atoms with Crippen LogP contribution < -0.4 is 19.1 Å². The number of carboxylic acids is 1. The highest BCUT2D eigenvalue weighted by atomic mass is 35.5. The van der Waals surface area contributed by atoms with Crippen LogP contribution in [0.5, 0.6) is 11.5 Å². The van der Waals surface area contributed by atoms with Gasteiger partial charge < -0.3 is 19.9 Å². The van der Waals surface area contributed by atoms with E-state index in [4.69, 9.17) is 26.2 Å². The quantitative estimate of drug-likeness (QED) is 0.518. The zero-order valence-electron chi connectivity index (χ0n) is 17.4. The van der Waals surface area contributed by atoms with E-state index in [1.807, 2.05) is 0 Å². The summed E-state index contributed by atoms with van der Waals surface area (Å²) >= 11 is 5.97. The van der Waals surface area contributed by atoms with Crippen LogP contribution in [-0.4, -0.2) is 39.2 Å². The van der Waals surface area contributed by atoms with Crippen LogP contribution >= 0.6 is 11.6 Å². The van der Waals surface area contributed by atoms with Crippen molar-refractivity contribution < 1.29 is 37.0 Å². The number of carbonyl (C=O) groups excluding carboxylic acids is 1. The van der Waals surface area contributed by atoms with Gasteiger partial charge in [0.15, 0.2) is 18.3 Å². The molecule has 4 rings (SSSR count). The minimum absolute atomic E-state index is 0.0241. The summed E-state index contributed by atoms with van der Waals surface area (Å²) in [6.45, 7) is -0.522. The second kappa shape index (κ2) is 8.84. The maximum absolute atomic E-state index is 14.7. The minimum Gasteiger partial charge on any atom is -0.495 e. The van der Waals surface area contributed by atoms with E-state index in [1.165, 1.54) is 55.6 Å². The van der Waals surface area contributed by atoms with Crippen molar-refractivity contribution in [3.63, 3.8) is 0 Å². The Kier molecular flexibility index (Phi) is 6.07. The van der Waals surface area contributed by atoms with Crippen molar-refractivity contribution >= 4 is 44.9 Å². The maximum Gasteiger partial charge on any atom is 0.335 e. The smallest absolute Gasteiger partial charge is 0.335 e. The predicted molar refractivity (Wildman–Crippen MR) is 121 cm³/mol. The van der Waals surface area contributed by atoms with Gasteiger partial charge in [-0.25, -0.2) is 21.9 Å². The molecule has 3 aromatic rings. The van der Waals surface area contributed by atoms with Crippen molar-refractivity contribution in [3.05, 3.63) is 76.6 Å². The second-order valence-electron chi connectivity index (χ2n) is 7.07. The van der Waals surface area contributed by atoms with Crippen molar-refractivity contribution in [1.29, 1.82) is 0 Å². The molecule has 0 atom stereocenters. The van der Waals surface area contributed by atoms with E-state index in [9.17, 15) is 22.4 Å². The Labute approximate surface area is 198 Å². The van der Waals surface area contributed by atoms with Gasteiger partial charge in [-0.2, -0.15) is 0 Å². The number of halogens is 2. The third-order valence-corrected chi connectivity index (χ3v) is 6.96. The van der Waals surface area contributed by atoms with E-state index >= 15 is 0 Å². The van der Waals surface area contributed by atoms with E-state index in [0.29, 0.717) is 0 Å². The largest absolute Gasteiger partial charge is 0.495 e. The van der Waals surface area contributed by atoms with E-state index < -0.39 is 34.4 Å². The summed E-state index contributed by atoms with van der Waals surface area (Å²) < 4.78 is 52.6. The molecule has 1 amide bonds. The standard InChI is InChI=1S/C22H16ClFN2O7S/c1-32-18-7-4-14(23)10-19(18)34(30,31)26-11-33-20-16(24)8-13(9-17(20)26)21(27)25-15-5-2-12(3-6-15)22(28)29/h2-10H,11H2,1H3,(H,25,27)(H,28,29). The monoisotopic (exact) mass is 506 g/mol. The van der Waals surface area contributed by atoms with Crippen molar-refractivity contribution in [1.82, 2.24) is 0 Å². The van der Waals surface area contributed by atoms with Gasteiger partial charge in [0.05, 0.1) is 12.7 Å². The zero-order valence-corrected chi connectivity index (χ0v) is 19.0. The fourth-order valence-electron chi connectivity index (χ4n) is 3.30. The molecule has 3 aromatic carbocycles. The average molecular weight is 507 g/mol. The molecule has 0 aromatic heterocycles. The van der Waals surface area contributed by atoms with Crippen LogP contribution in [0, 0.1) is 5.82 Å². The molecule has 0 unspecified atom stereocenters. The normalized spacial score (nSPS) is 12.6. The SMILES string of the molecule is COc1ccc(Cl)cc1S(=O)(=O)N1COc2c(F)cc(C(=O)Nc3ccc(C(=O)O)cc3)cc21. The number of anilines is 2. The highest BCUT2D eigenvalue weighted by molar-refractivity contribution is 7.93. The van der Waals surface area contributed by atoms with Crippen LogP contribution in [0.2, 0.25) is 5.02 Å². The molecule has 176 valence electrons. The summed E-state index contributed by atoms with van der Waals surface area (Å²) in [5.74, 6) is -3.10. The Balaban J connectivity index is 1.68. The lowest BCUT2D eigenvalue weighted by atomic mass is 10.1. The number of carboxylic acid groups (broad SMARTS) is 1. The summed E-state index contributed by atoms with van der Waals surface area (Å²) in [6.07, 6.45) is 0. The summed E-state index contributed by atoms with van der Waals surface area (Å²) in [5, 5.41) is 11.6. The van der Waals surface area contributed by atoms with Gasteiger partial charge in [0.25, 0.3) is 15.9 Å². The lowest BCUT2D eigenvalue weighted by Gasteiger charge is -2.19. The van der Waals surface area contributed by atoms with Gasteiger partial charge in [-0.15, -0.1) is 0 Å². The lowest BCUT2D eigenvalue weighted by molar-refractivity contribution is 0.0696. The molecule has 12 heteroatoms. The molecule has 0 saturated carbocycles. The van der Waals surface area contributed by atoms with Gasteiger partial charge in [0.1, 0.15) is 16.3 Å². The highest BCUT2D eigenvalue weighted by Crippen LogP contribution is 2.42. The van der Waals surface area contributed by atoms with Crippen molar-refractivity contribution in [2.24, 2.45) is 0 Å². The first-order valence-corrected chi connectivity index (χ1v) is 11.4. The van der Waals surface area contributed by atoms with E-state index in [0.717, 1.165) is 10.4 Å². The molecular weight excluding hydrogens is 491 g/mol. The first-order valence-electron chi connectivity index (χ1n) is 9.59. The van der Waals surface area contributed by atoms with Gasteiger partial charge in [-0.3, -0.25) is 4.79 Å². The number of nitrogens with zero attached hydrogens (tertiary/aromatic N) is 1. The fourth-order valence-corrected chi connectivity index (χ4v) is 5.04. The number of fused-ring (bicyclic) bond motifs is 1. The zero-order chi connectivity index (χ0) is 24.6. The summed E-state index contributed by atoms with van der Waals surface area (Å²) in [6, 6.07) is 11.5. The number of sulfonamides is 1. The van der Waals surface area contributed by atoms with E-state index in [2.05, 4.69) is 5.32 Å². The molecule has 0 spiro atoms. The van der Waals surface area contributed by atoms with Crippen molar-refractivity contribution in [2.45, 2.75) is 4.90 Å². The second-order valence-corrected chi connectivity index (χ2v) is 9.33. The fraction of sp³-hybridized carbons (Fsp3) is 0.0909. The molecule has 0 saturated heterocycles. The van der Waals surface area contributed by atoms with Crippen LogP contribution in [0.25, 0.3) is 0 Å². The number of aromatic carboxylic acids is 1. The molecule has 0 radical (unpaired) electrons. The third kappa shape index (κ3) is 4.22. The molecule has 0 bridgehead atoms. The topological polar surface area (TPSA) is 122 Å². The number of nitrogens with one attached hydrogen (secondary N) is 1. The molecule has 9 nitrogen and oxygen atoms in total. The molecule has 1 aliphatic heterocycles. The molecule has 0 aliphatic carbocycles. The number of carbonyl (C=O) groups is 2. The Morgan fingerprint density at radius 3 is 2.47 bits per heavy atom. The minimum atomic E-state index is -4.30. The van der Waals surface area contributed by atoms with Crippen LogP contribution in [-0.2, 0) is 10.0 Å². The number of hydrogen-bond donors (Lipinski definition) is 2. The number of rotatable bonds is 6. The predicted octanol–water partition coefficient (Wildman–Crippen LogP) is 3.98. The molecule has 1 aliphatic rings. The summed E-state index contributed by atoms with van der Waals surface area (Å²) in [5.41, 5.74) is -0.0629. The summed E-state index contributed by atoms with van der Waals surface area (Å²) in [7, 11) is -3.01. The third-order valence-electron chi connectivity index (χ3n) is 4.96. The maximum atomic E-state index is 14.7. The van der Waals surface area contributed by atoms with Crippen LogP contribution in [0.15, 0.2) is 59.5 Å². The Morgan fingerprint density at radius 2 is 1.82 bits per heavy atom. The van der Waals surface area contributed by atoms with Crippen LogP contribution in [0.4, 0.5) is 15.8 Å². The van der Waals surface area contributed by atoms with E-state index in [-0.39, 0.29) is 43.9 Å². The number of hydrogen-bond acceptors (Lipinski definition) is 6. The first-order chi connectivity index (χ1) is 16.1. The summed E-state index contributed by atoms with van der Waals surface area (Å²) in [4.78, 5) is 23.4. The Bertz CT molecular complexity index is 1410. The number of ether oxygens (including phenoxy) is 2. The van der Waals surface area contributed by atoms with Gasteiger partial charge in [-0.1, -0.05) is 11.6 Å². The van der Waals surface area contributed by atoms with Gasteiger partial charge in [0, 0.05) is 16.3 Å². The van der Waals surface area contributed by atoms with Gasteiger partial charge >= 0.3 is 5.97 Å². The van der Waals surface area contributed by atoms with Crippen LogP contribution in [0.1, 0.15) is 20.7 Å². The first kappa shape index (κ1) is 23.3. The van der Waals surface area contributed by atoms with Crippen molar-refractivity contribution in [2.75, 3.05) is 23.5 Å². The van der Waals surface area contributed by atoms with Crippen molar-refractivity contribution in [3.8, 4) is 11.5 Å². The number of methoxy groups -OCH3 is 1. The molecule has 2 N–H and O–H groups in total. The molecule has 0 fully saturated rings. The molecule has 34 heavy (non-hydrogen) atoms.